The lowest BCUT2D eigenvalue weighted by Gasteiger charge is -2.16. The van der Waals surface area contributed by atoms with Gasteiger partial charge in [-0.1, -0.05) is 35.4 Å². The van der Waals surface area contributed by atoms with E-state index < -0.39 is 5.56 Å². The summed E-state index contributed by atoms with van der Waals surface area (Å²) in [6, 6.07) is 22.2. The van der Waals surface area contributed by atoms with Gasteiger partial charge in [-0.2, -0.15) is 0 Å². The number of nitrogens with zero attached hydrogens (tertiary/aromatic N) is 3. The summed E-state index contributed by atoms with van der Waals surface area (Å²) in [6.07, 6.45) is 1.37. The monoisotopic (exact) mass is 471 g/mol. The van der Waals surface area contributed by atoms with E-state index in [1.165, 1.54) is 15.3 Å². The van der Waals surface area contributed by atoms with Gasteiger partial charge in [0, 0.05) is 6.21 Å². The molecule has 0 unspecified atom stereocenters. The Morgan fingerprint density at radius 3 is 1.94 bits per heavy atom. The number of aliphatic imine (C=N–C) groups is 1. The molecule has 6 nitrogen and oxygen atoms in total. The van der Waals surface area contributed by atoms with Crippen molar-refractivity contribution in [1.82, 2.24) is 9.13 Å². The first kappa shape index (κ1) is 23.2. The van der Waals surface area contributed by atoms with Gasteiger partial charge < -0.3 is 9.84 Å². The van der Waals surface area contributed by atoms with Crippen LogP contribution in [-0.2, 0) is 0 Å². The fourth-order valence-corrected chi connectivity index (χ4v) is 3.89. The van der Waals surface area contributed by atoms with E-state index in [1.54, 1.807) is 24.3 Å². The van der Waals surface area contributed by atoms with Gasteiger partial charge in [-0.3, -0.25) is 18.9 Å². The number of hydrogen-bond donors (Lipinski definition) is 1. The minimum absolute atomic E-state index is 0.0311. The Morgan fingerprint density at radius 2 is 1.41 bits per heavy atom. The number of aromatic hydroxyl groups is 1. The Balaban J connectivity index is 1.91. The number of hydrogen-bond acceptors (Lipinski definition) is 5. The van der Waals surface area contributed by atoms with Crippen LogP contribution in [0.4, 0.5) is 5.69 Å². The lowest BCUT2D eigenvalue weighted by Crippen LogP contribution is -2.27. The van der Waals surface area contributed by atoms with Gasteiger partial charge in [-0.15, -0.1) is 0 Å². The second kappa shape index (κ2) is 9.89. The van der Waals surface area contributed by atoms with E-state index in [2.05, 4.69) is 4.99 Å². The van der Waals surface area contributed by atoms with Crippen LogP contribution in [0, 0.1) is 18.6 Å². The molecule has 7 heteroatoms. The minimum atomic E-state index is -0.454. The highest BCUT2D eigenvalue weighted by Crippen LogP contribution is 2.23. The first-order valence-corrected chi connectivity index (χ1v) is 11.3. The molecule has 1 N–H and O–H groups in total. The molecule has 0 fully saturated rings. The standard InChI is InChI=1S/C27H25N3O3S/c1-4-33-23-15-9-20(10-16-23)28-17-24-25(31)29(21-11-5-18(2)6-12-21)27(34)30(26(24)32)22-13-7-19(3)8-14-22/h5-17,31H,4H2,1-3H3. The van der Waals surface area contributed by atoms with Crippen molar-refractivity contribution in [3.63, 3.8) is 0 Å². The second-order valence-electron chi connectivity index (χ2n) is 7.85. The van der Waals surface area contributed by atoms with Crippen LogP contribution in [-0.4, -0.2) is 27.1 Å². The summed E-state index contributed by atoms with van der Waals surface area (Å²) >= 11 is 5.68. The Bertz CT molecular complexity index is 1450. The van der Waals surface area contributed by atoms with Gasteiger partial charge in [0.1, 0.15) is 11.3 Å². The van der Waals surface area contributed by atoms with Crippen molar-refractivity contribution >= 4 is 24.1 Å². The molecule has 0 saturated carbocycles. The fourth-order valence-electron chi connectivity index (χ4n) is 3.51. The summed E-state index contributed by atoms with van der Waals surface area (Å²) in [5, 5.41) is 11.2. The molecule has 3 aromatic carbocycles. The number of rotatable bonds is 6. The largest absolute Gasteiger partial charge is 0.494 e. The molecule has 0 bridgehead atoms. The topological polar surface area (TPSA) is 68.8 Å². The Labute approximate surface area is 203 Å². The van der Waals surface area contributed by atoms with Gasteiger partial charge in [0.2, 0.25) is 5.88 Å². The van der Waals surface area contributed by atoms with E-state index >= 15 is 0 Å². The molecule has 1 aromatic heterocycles. The maximum absolute atomic E-state index is 13.5. The zero-order chi connectivity index (χ0) is 24.2. The third-order valence-electron chi connectivity index (χ3n) is 5.34. The van der Waals surface area contributed by atoms with E-state index in [0.29, 0.717) is 23.7 Å². The highest BCUT2D eigenvalue weighted by atomic mass is 32.1. The molecule has 172 valence electrons. The Hall–Kier alpha value is -3.97. The highest BCUT2D eigenvalue weighted by Gasteiger charge is 2.18. The smallest absolute Gasteiger partial charge is 0.271 e. The van der Waals surface area contributed by atoms with E-state index in [-0.39, 0.29) is 16.2 Å². The van der Waals surface area contributed by atoms with E-state index in [0.717, 1.165) is 16.9 Å². The molecular formula is C27H25N3O3S. The van der Waals surface area contributed by atoms with Crippen molar-refractivity contribution < 1.29 is 9.84 Å². The second-order valence-corrected chi connectivity index (χ2v) is 8.22. The van der Waals surface area contributed by atoms with Crippen molar-refractivity contribution in [3.8, 4) is 23.0 Å². The summed E-state index contributed by atoms with van der Waals surface area (Å²) in [5.41, 5.74) is 3.58. The van der Waals surface area contributed by atoms with Gasteiger partial charge in [0.05, 0.1) is 23.7 Å². The van der Waals surface area contributed by atoms with Crippen molar-refractivity contribution in [1.29, 1.82) is 0 Å². The third-order valence-corrected chi connectivity index (χ3v) is 5.71. The van der Waals surface area contributed by atoms with Gasteiger partial charge in [-0.25, -0.2) is 0 Å². The molecule has 0 spiro atoms. The first-order chi connectivity index (χ1) is 16.4. The Kier molecular flexibility index (Phi) is 6.75. The molecule has 0 aliphatic rings. The number of benzene rings is 3. The number of aryl methyl sites for hydroxylation is 2. The van der Waals surface area contributed by atoms with E-state index in [9.17, 15) is 9.90 Å². The summed E-state index contributed by atoms with van der Waals surface area (Å²) in [5.74, 6) is 0.468. The van der Waals surface area contributed by atoms with Crippen LogP contribution in [0.3, 0.4) is 0 Å². The van der Waals surface area contributed by atoms with Gasteiger partial charge >= 0.3 is 0 Å². The lowest BCUT2D eigenvalue weighted by molar-refractivity contribution is 0.340. The van der Waals surface area contributed by atoms with Crippen molar-refractivity contribution in [2.75, 3.05) is 6.61 Å². The molecule has 0 radical (unpaired) electrons. The quantitative estimate of drug-likeness (QED) is 0.284. The van der Waals surface area contributed by atoms with Crippen molar-refractivity contribution in [3.05, 3.63) is 105 Å². The van der Waals surface area contributed by atoms with Crippen molar-refractivity contribution in [2.24, 2.45) is 4.99 Å². The summed E-state index contributed by atoms with van der Waals surface area (Å²) in [4.78, 5) is 17.9. The average molecular weight is 472 g/mol. The van der Waals surface area contributed by atoms with Crippen LogP contribution in [0.5, 0.6) is 11.6 Å². The molecule has 34 heavy (non-hydrogen) atoms. The lowest BCUT2D eigenvalue weighted by atomic mass is 10.2. The molecule has 0 aliphatic carbocycles. The summed E-state index contributed by atoms with van der Waals surface area (Å²) < 4.78 is 8.51. The highest BCUT2D eigenvalue weighted by molar-refractivity contribution is 7.71. The van der Waals surface area contributed by atoms with Crippen LogP contribution < -0.4 is 10.3 Å². The predicted octanol–water partition coefficient (Wildman–Crippen LogP) is 5.83. The predicted molar refractivity (Wildman–Crippen MR) is 138 cm³/mol. The van der Waals surface area contributed by atoms with Crippen LogP contribution in [0.25, 0.3) is 11.4 Å². The van der Waals surface area contributed by atoms with Gasteiger partial charge in [-0.05, 0) is 81.5 Å². The van der Waals surface area contributed by atoms with E-state index in [4.69, 9.17) is 17.0 Å². The maximum Gasteiger partial charge on any atom is 0.271 e. The van der Waals surface area contributed by atoms with Crippen LogP contribution >= 0.6 is 12.2 Å². The third kappa shape index (κ3) is 4.70. The number of aromatic nitrogens is 2. The van der Waals surface area contributed by atoms with Crippen LogP contribution in [0.1, 0.15) is 23.6 Å². The Morgan fingerprint density at radius 1 is 0.882 bits per heavy atom. The normalized spacial score (nSPS) is 11.1. The molecule has 0 aliphatic heterocycles. The number of ether oxygens (including phenoxy) is 1. The molecule has 1 heterocycles. The van der Waals surface area contributed by atoms with Crippen LogP contribution in [0.15, 0.2) is 82.6 Å². The molecule has 0 atom stereocenters. The first-order valence-electron chi connectivity index (χ1n) is 10.9. The average Bonchev–Trinajstić information content (AvgIpc) is 2.82. The zero-order valence-corrected chi connectivity index (χ0v) is 20.0. The fraction of sp³-hybridized carbons (Fsp3) is 0.148. The molecule has 4 aromatic rings. The minimum Gasteiger partial charge on any atom is -0.494 e. The zero-order valence-electron chi connectivity index (χ0n) is 19.2. The van der Waals surface area contributed by atoms with Crippen molar-refractivity contribution in [2.45, 2.75) is 20.8 Å². The van der Waals surface area contributed by atoms with E-state index in [1.807, 2.05) is 69.3 Å². The summed E-state index contributed by atoms with van der Waals surface area (Å²) in [7, 11) is 0. The van der Waals surface area contributed by atoms with Gasteiger partial charge in [0.15, 0.2) is 4.77 Å². The molecule has 0 saturated heterocycles. The molecule has 0 amide bonds. The van der Waals surface area contributed by atoms with Gasteiger partial charge in [0.25, 0.3) is 5.56 Å². The maximum atomic E-state index is 13.5. The molecular weight excluding hydrogens is 446 g/mol. The summed E-state index contributed by atoms with van der Waals surface area (Å²) in [6.45, 7) is 6.44. The van der Waals surface area contributed by atoms with Crippen LogP contribution in [0.2, 0.25) is 0 Å². The SMILES string of the molecule is CCOc1ccc(N=Cc2c(O)n(-c3ccc(C)cc3)c(=S)n(-c3ccc(C)cc3)c2=O)cc1. The molecule has 4 rings (SSSR count).